The molecule has 1 heterocycles. The Morgan fingerprint density at radius 1 is 1.55 bits per heavy atom. The summed E-state index contributed by atoms with van der Waals surface area (Å²) in [7, 11) is 4.34. The van der Waals surface area contributed by atoms with Crippen LogP contribution in [-0.2, 0) is 0 Å². The van der Waals surface area contributed by atoms with Crippen molar-refractivity contribution in [2.45, 2.75) is 24.9 Å². The third-order valence-corrected chi connectivity index (χ3v) is 5.07. The molecule has 2 rings (SSSR count). The lowest BCUT2D eigenvalue weighted by molar-refractivity contribution is 0.180. The molecule has 1 aromatic carbocycles. The van der Waals surface area contributed by atoms with Crippen LogP contribution >= 0.6 is 27.5 Å². The zero-order valence-corrected chi connectivity index (χ0v) is 14.5. The van der Waals surface area contributed by atoms with Gasteiger partial charge in [0.15, 0.2) is 0 Å². The fourth-order valence-electron chi connectivity index (χ4n) is 2.99. The second kappa shape index (κ2) is 7.23. The second-order valence-electron chi connectivity index (χ2n) is 5.63. The first-order valence-electron chi connectivity index (χ1n) is 7.08. The highest BCUT2D eigenvalue weighted by Crippen LogP contribution is 2.30. The number of benzene rings is 1. The summed E-state index contributed by atoms with van der Waals surface area (Å²) in [6, 6.07) is 6.83. The molecular formula is C15H23BrClN3. The normalized spacial score (nSPS) is 21.6. The van der Waals surface area contributed by atoms with Crippen LogP contribution in [0, 0.1) is 0 Å². The Morgan fingerprint density at radius 3 is 2.85 bits per heavy atom. The summed E-state index contributed by atoms with van der Waals surface area (Å²) in [5, 5.41) is 0.779. The van der Waals surface area contributed by atoms with Crippen LogP contribution < -0.4 is 5.73 Å². The van der Waals surface area contributed by atoms with E-state index in [9.17, 15) is 0 Å². The molecule has 1 fully saturated rings. The topological polar surface area (TPSA) is 32.5 Å². The third-order valence-electron chi connectivity index (χ3n) is 4.25. The number of rotatable bonds is 5. The van der Waals surface area contributed by atoms with Crippen LogP contribution in [0.5, 0.6) is 0 Å². The first kappa shape index (κ1) is 16.2. The Bertz CT molecular complexity index is 455. The molecule has 112 valence electrons. The summed E-state index contributed by atoms with van der Waals surface area (Å²) in [5.41, 5.74) is 7.11. The Kier molecular flexibility index (Phi) is 5.87. The fraction of sp³-hybridized carbons (Fsp3) is 0.600. The Morgan fingerprint density at radius 2 is 2.30 bits per heavy atom. The van der Waals surface area contributed by atoms with E-state index in [2.05, 4.69) is 45.9 Å². The quantitative estimate of drug-likeness (QED) is 0.875. The van der Waals surface area contributed by atoms with Gasteiger partial charge in [-0.2, -0.15) is 0 Å². The van der Waals surface area contributed by atoms with Gasteiger partial charge in [-0.05, 0) is 51.2 Å². The van der Waals surface area contributed by atoms with Gasteiger partial charge in [-0.3, -0.25) is 4.90 Å². The smallest absolute Gasteiger partial charge is 0.0482 e. The van der Waals surface area contributed by atoms with Crippen LogP contribution in [0.4, 0.5) is 0 Å². The van der Waals surface area contributed by atoms with E-state index in [4.69, 9.17) is 17.3 Å². The van der Waals surface area contributed by atoms with Crippen molar-refractivity contribution in [1.82, 2.24) is 9.80 Å². The van der Waals surface area contributed by atoms with Crippen LogP contribution in [0.2, 0.25) is 5.02 Å². The first-order valence-corrected chi connectivity index (χ1v) is 8.25. The molecule has 1 aromatic rings. The molecule has 5 heteroatoms. The van der Waals surface area contributed by atoms with Crippen LogP contribution in [0.3, 0.4) is 0 Å². The van der Waals surface area contributed by atoms with Gasteiger partial charge in [0, 0.05) is 34.7 Å². The molecule has 0 aromatic heterocycles. The number of halogens is 2. The minimum atomic E-state index is 0.171. The van der Waals surface area contributed by atoms with E-state index >= 15 is 0 Å². The molecule has 1 aliphatic rings. The van der Waals surface area contributed by atoms with E-state index in [0.717, 1.165) is 21.6 Å². The molecule has 0 saturated carbocycles. The number of likely N-dealkylation sites (tertiary alicyclic amines) is 1. The summed E-state index contributed by atoms with van der Waals surface area (Å²) in [6.45, 7) is 2.81. The van der Waals surface area contributed by atoms with Gasteiger partial charge in [0.05, 0.1) is 0 Å². The molecule has 0 amide bonds. The lowest BCUT2D eigenvalue weighted by Crippen LogP contribution is -2.40. The minimum Gasteiger partial charge on any atom is -0.329 e. The summed E-state index contributed by atoms with van der Waals surface area (Å²) < 4.78 is 1.00. The van der Waals surface area contributed by atoms with Crippen LogP contribution in [0.15, 0.2) is 22.7 Å². The van der Waals surface area contributed by atoms with Crippen LogP contribution in [0.25, 0.3) is 0 Å². The lowest BCUT2D eigenvalue weighted by Gasteiger charge is -2.32. The van der Waals surface area contributed by atoms with E-state index < -0.39 is 0 Å². The third kappa shape index (κ3) is 3.74. The first-order chi connectivity index (χ1) is 9.52. The van der Waals surface area contributed by atoms with Crippen LogP contribution in [0.1, 0.15) is 24.4 Å². The number of nitrogens with zero attached hydrogens (tertiary/aromatic N) is 2. The van der Waals surface area contributed by atoms with E-state index in [1.54, 1.807) is 0 Å². The van der Waals surface area contributed by atoms with Crippen molar-refractivity contribution >= 4 is 27.5 Å². The van der Waals surface area contributed by atoms with Crippen molar-refractivity contribution in [1.29, 1.82) is 0 Å². The standard InChI is InChI=1S/C15H23BrClN3/c1-19-7-3-4-12(19)10-20(2)15(9-18)13-6-5-11(16)8-14(13)17/h5-6,8,12,15H,3-4,7,9-10,18H2,1-2H3. The van der Waals surface area contributed by atoms with Crippen molar-refractivity contribution in [2.75, 3.05) is 33.7 Å². The maximum absolute atomic E-state index is 6.37. The number of likely N-dealkylation sites (N-methyl/N-ethyl adjacent to an activating group) is 2. The minimum absolute atomic E-state index is 0.171. The lowest BCUT2D eigenvalue weighted by atomic mass is 10.0. The predicted molar refractivity (Wildman–Crippen MR) is 89.2 cm³/mol. The Labute approximate surface area is 135 Å². The molecule has 1 saturated heterocycles. The van der Waals surface area contributed by atoms with Crippen molar-refractivity contribution in [3.63, 3.8) is 0 Å². The van der Waals surface area contributed by atoms with Gasteiger partial charge in [0.25, 0.3) is 0 Å². The SMILES string of the molecule is CN1CCCC1CN(C)C(CN)c1ccc(Br)cc1Cl. The van der Waals surface area contributed by atoms with Crippen molar-refractivity contribution in [2.24, 2.45) is 5.73 Å². The van der Waals surface area contributed by atoms with E-state index in [0.29, 0.717) is 12.6 Å². The zero-order chi connectivity index (χ0) is 14.7. The Hall–Kier alpha value is -0.130. The molecule has 20 heavy (non-hydrogen) atoms. The fourth-order valence-corrected chi connectivity index (χ4v) is 3.79. The van der Waals surface area contributed by atoms with Gasteiger partial charge >= 0.3 is 0 Å². The molecule has 0 spiro atoms. The van der Waals surface area contributed by atoms with Gasteiger partial charge in [-0.1, -0.05) is 33.6 Å². The highest BCUT2D eigenvalue weighted by atomic mass is 79.9. The van der Waals surface area contributed by atoms with Gasteiger partial charge in [-0.15, -0.1) is 0 Å². The average Bonchev–Trinajstić information content (AvgIpc) is 2.78. The van der Waals surface area contributed by atoms with Crippen LogP contribution in [-0.4, -0.2) is 49.6 Å². The van der Waals surface area contributed by atoms with E-state index in [1.165, 1.54) is 19.4 Å². The zero-order valence-electron chi connectivity index (χ0n) is 12.1. The predicted octanol–water partition coefficient (Wildman–Crippen LogP) is 3.13. The van der Waals surface area contributed by atoms with Crippen molar-refractivity contribution in [3.05, 3.63) is 33.3 Å². The number of hydrogen-bond acceptors (Lipinski definition) is 3. The van der Waals surface area contributed by atoms with Crippen molar-refractivity contribution < 1.29 is 0 Å². The summed E-state index contributed by atoms with van der Waals surface area (Å²) in [5.74, 6) is 0. The van der Waals surface area contributed by atoms with Gasteiger partial charge in [0.2, 0.25) is 0 Å². The maximum atomic E-state index is 6.37. The second-order valence-corrected chi connectivity index (χ2v) is 6.96. The molecular weight excluding hydrogens is 338 g/mol. The van der Waals surface area contributed by atoms with Gasteiger partial charge in [0.1, 0.15) is 0 Å². The largest absolute Gasteiger partial charge is 0.329 e. The van der Waals surface area contributed by atoms with Gasteiger partial charge < -0.3 is 10.6 Å². The van der Waals surface area contributed by atoms with E-state index in [-0.39, 0.29) is 6.04 Å². The Balaban J connectivity index is 2.10. The summed E-state index contributed by atoms with van der Waals surface area (Å²) in [4.78, 5) is 4.77. The molecule has 2 N–H and O–H groups in total. The molecule has 2 unspecified atom stereocenters. The van der Waals surface area contributed by atoms with Crippen molar-refractivity contribution in [3.8, 4) is 0 Å². The average molecular weight is 361 g/mol. The summed E-state index contributed by atoms with van der Waals surface area (Å²) >= 11 is 9.82. The molecule has 0 radical (unpaired) electrons. The molecule has 0 aliphatic carbocycles. The molecule has 2 atom stereocenters. The number of hydrogen-bond donors (Lipinski definition) is 1. The monoisotopic (exact) mass is 359 g/mol. The molecule has 3 nitrogen and oxygen atoms in total. The highest BCUT2D eigenvalue weighted by molar-refractivity contribution is 9.10. The molecule has 1 aliphatic heterocycles. The summed E-state index contributed by atoms with van der Waals surface area (Å²) in [6.07, 6.45) is 2.56. The maximum Gasteiger partial charge on any atom is 0.0482 e. The van der Waals surface area contributed by atoms with Gasteiger partial charge in [-0.25, -0.2) is 0 Å². The number of nitrogens with two attached hydrogens (primary N) is 1. The van der Waals surface area contributed by atoms with E-state index in [1.807, 2.05) is 12.1 Å². The highest BCUT2D eigenvalue weighted by Gasteiger charge is 2.26. The molecule has 0 bridgehead atoms.